The van der Waals surface area contributed by atoms with E-state index in [0.717, 1.165) is 28.2 Å². The topological polar surface area (TPSA) is 75.5 Å². The first kappa shape index (κ1) is 20.1. The maximum Gasteiger partial charge on any atom is 0.329 e. The number of carbonyl (C=O) groups excluding carboxylic acids is 2. The molecule has 6 heteroatoms. The molecule has 0 saturated heterocycles. The number of nitrogens with zero attached hydrogens (tertiary/aromatic N) is 2. The van der Waals surface area contributed by atoms with Crippen LogP contribution in [-0.2, 0) is 9.59 Å². The number of hydrazone groups is 1. The van der Waals surface area contributed by atoms with Crippen molar-refractivity contribution < 1.29 is 9.59 Å². The number of carbonyl (C=O) groups is 2. The van der Waals surface area contributed by atoms with Gasteiger partial charge in [-0.15, -0.1) is 0 Å². The Bertz CT molecular complexity index is 1100. The van der Waals surface area contributed by atoms with Gasteiger partial charge in [-0.2, -0.15) is 5.10 Å². The minimum Gasteiger partial charge on any atom is -0.318 e. The van der Waals surface area contributed by atoms with Gasteiger partial charge in [-0.05, 0) is 57.0 Å². The maximum atomic E-state index is 12.1. The van der Waals surface area contributed by atoms with Gasteiger partial charge in [-0.1, -0.05) is 36.4 Å². The summed E-state index contributed by atoms with van der Waals surface area (Å²) in [7, 11) is 0. The van der Waals surface area contributed by atoms with E-state index in [1.54, 1.807) is 18.3 Å². The zero-order valence-corrected chi connectivity index (χ0v) is 17.0. The van der Waals surface area contributed by atoms with Crippen LogP contribution >= 0.6 is 0 Å². The van der Waals surface area contributed by atoms with Crippen LogP contribution in [0.1, 0.15) is 28.1 Å². The van der Waals surface area contributed by atoms with Crippen LogP contribution in [0.4, 0.5) is 5.69 Å². The molecule has 0 fully saturated rings. The van der Waals surface area contributed by atoms with Gasteiger partial charge < -0.3 is 9.88 Å². The zero-order chi connectivity index (χ0) is 21.0. The van der Waals surface area contributed by atoms with Gasteiger partial charge in [0.2, 0.25) is 0 Å². The molecule has 0 radical (unpaired) electrons. The third kappa shape index (κ3) is 4.43. The SMILES string of the molecule is Cc1ccccc1NC(=O)C(=O)N/N=C\c1cc(C)n(-c2ccccc2C)c1C. The third-order valence-corrected chi connectivity index (χ3v) is 4.80. The van der Waals surface area contributed by atoms with E-state index in [1.165, 1.54) is 5.56 Å². The molecule has 1 aromatic heterocycles. The lowest BCUT2D eigenvalue weighted by molar-refractivity contribution is -0.136. The van der Waals surface area contributed by atoms with E-state index in [9.17, 15) is 9.59 Å². The number of hydrogen-bond acceptors (Lipinski definition) is 3. The predicted octanol–water partition coefficient (Wildman–Crippen LogP) is 3.80. The molecule has 148 valence electrons. The first-order valence-corrected chi connectivity index (χ1v) is 9.33. The van der Waals surface area contributed by atoms with E-state index in [-0.39, 0.29) is 0 Å². The molecular formula is C23H24N4O2. The fourth-order valence-electron chi connectivity index (χ4n) is 3.21. The molecule has 0 bridgehead atoms. The van der Waals surface area contributed by atoms with Crippen LogP contribution in [0.15, 0.2) is 59.7 Å². The Kier molecular flexibility index (Phi) is 5.93. The minimum atomic E-state index is -0.822. The number of benzene rings is 2. The fraction of sp³-hybridized carbons (Fsp3) is 0.174. The lowest BCUT2D eigenvalue weighted by Gasteiger charge is -2.12. The second-order valence-corrected chi connectivity index (χ2v) is 6.92. The summed E-state index contributed by atoms with van der Waals surface area (Å²) in [5.41, 5.74) is 8.95. The highest BCUT2D eigenvalue weighted by Gasteiger charge is 2.14. The average Bonchev–Trinajstić information content (AvgIpc) is 2.97. The van der Waals surface area contributed by atoms with Crippen molar-refractivity contribution in [3.63, 3.8) is 0 Å². The average molecular weight is 388 g/mol. The van der Waals surface area contributed by atoms with E-state index < -0.39 is 11.8 Å². The standard InChI is InChI=1S/C23H24N4O2/c1-15-9-5-7-11-20(15)25-22(28)23(29)26-24-14-19-13-17(3)27(18(19)4)21-12-8-6-10-16(21)2/h5-14H,1-4H3,(H,25,28)(H,26,29)/b24-14-. The first-order valence-electron chi connectivity index (χ1n) is 9.33. The maximum absolute atomic E-state index is 12.1. The second kappa shape index (κ2) is 8.56. The molecule has 0 spiro atoms. The first-order chi connectivity index (χ1) is 13.9. The molecular weight excluding hydrogens is 364 g/mol. The molecule has 0 aliphatic carbocycles. The number of para-hydroxylation sites is 2. The summed E-state index contributed by atoms with van der Waals surface area (Å²) < 4.78 is 2.14. The van der Waals surface area contributed by atoms with Crippen molar-refractivity contribution in [3.8, 4) is 5.69 Å². The van der Waals surface area contributed by atoms with Crippen LogP contribution in [0, 0.1) is 27.7 Å². The van der Waals surface area contributed by atoms with Crippen LogP contribution in [0.3, 0.4) is 0 Å². The molecule has 0 unspecified atom stereocenters. The van der Waals surface area contributed by atoms with Gasteiger partial charge in [0.1, 0.15) is 0 Å². The number of aromatic nitrogens is 1. The highest BCUT2D eigenvalue weighted by atomic mass is 16.2. The number of hydrogen-bond donors (Lipinski definition) is 2. The smallest absolute Gasteiger partial charge is 0.318 e. The summed E-state index contributed by atoms with van der Waals surface area (Å²) in [6.45, 7) is 7.93. The predicted molar refractivity (Wildman–Crippen MR) is 116 cm³/mol. The van der Waals surface area contributed by atoms with Crippen molar-refractivity contribution in [3.05, 3.63) is 82.7 Å². The van der Waals surface area contributed by atoms with Crippen LogP contribution in [0.5, 0.6) is 0 Å². The number of anilines is 1. The van der Waals surface area contributed by atoms with Crippen molar-refractivity contribution in [2.45, 2.75) is 27.7 Å². The minimum absolute atomic E-state index is 0.596. The number of nitrogens with one attached hydrogen (secondary N) is 2. The summed E-state index contributed by atoms with van der Waals surface area (Å²) >= 11 is 0. The second-order valence-electron chi connectivity index (χ2n) is 6.92. The van der Waals surface area contributed by atoms with Crippen LogP contribution < -0.4 is 10.7 Å². The molecule has 0 aliphatic heterocycles. The van der Waals surface area contributed by atoms with Crippen molar-refractivity contribution >= 4 is 23.7 Å². The fourth-order valence-corrected chi connectivity index (χ4v) is 3.21. The van der Waals surface area contributed by atoms with Gasteiger partial charge in [0.25, 0.3) is 0 Å². The largest absolute Gasteiger partial charge is 0.329 e. The number of rotatable bonds is 4. The zero-order valence-electron chi connectivity index (χ0n) is 17.0. The summed E-state index contributed by atoms with van der Waals surface area (Å²) in [5.74, 6) is -1.58. The Morgan fingerprint density at radius 1 is 0.897 bits per heavy atom. The summed E-state index contributed by atoms with van der Waals surface area (Å²) in [5, 5.41) is 6.54. The van der Waals surface area contributed by atoms with Crippen LogP contribution in [-0.4, -0.2) is 22.6 Å². The highest BCUT2D eigenvalue weighted by Crippen LogP contribution is 2.22. The van der Waals surface area contributed by atoms with Crippen molar-refractivity contribution in [1.82, 2.24) is 9.99 Å². The molecule has 1 heterocycles. The number of amides is 2. The van der Waals surface area contributed by atoms with E-state index >= 15 is 0 Å². The third-order valence-electron chi connectivity index (χ3n) is 4.80. The number of aryl methyl sites for hydroxylation is 3. The lowest BCUT2D eigenvalue weighted by atomic mass is 10.2. The van der Waals surface area contributed by atoms with Gasteiger partial charge in [0, 0.05) is 28.3 Å². The molecule has 0 aliphatic rings. The van der Waals surface area contributed by atoms with Crippen molar-refractivity contribution in [2.24, 2.45) is 5.10 Å². The van der Waals surface area contributed by atoms with Gasteiger partial charge in [0.05, 0.1) is 6.21 Å². The Hall–Kier alpha value is -3.67. The van der Waals surface area contributed by atoms with E-state index in [1.807, 2.05) is 51.1 Å². The van der Waals surface area contributed by atoms with Gasteiger partial charge in [-0.3, -0.25) is 9.59 Å². The van der Waals surface area contributed by atoms with Gasteiger partial charge in [-0.25, -0.2) is 5.43 Å². The van der Waals surface area contributed by atoms with Crippen LogP contribution in [0.2, 0.25) is 0 Å². The normalized spacial score (nSPS) is 10.9. The summed E-state index contributed by atoms with van der Waals surface area (Å²) in [4.78, 5) is 24.1. The molecule has 6 nitrogen and oxygen atoms in total. The van der Waals surface area contributed by atoms with Gasteiger partial charge >= 0.3 is 11.8 Å². The lowest BCUT2D eigenvalue weighted by Crippen LogP contribution is -2.32. The van der Waals surface area contributed by atoms with E-state index in [2.05, 4.69) is 39.5 Å². The van der Waals surface area contributed by atoms with Crippen LogP contribution in [0.25, 0.3) is 5.69 Å². The molecule has 0 saturated carbocycles. The summed E-state index contributed by atoms with van der Waals surface area (Å²) in [6, 6.07) is 17.4. The molecule has 0 atom stereocenters. The molecule has 29 heavy (non-hydrogen) atoms. The van der Waals surface area contributed by atoms with Crippen molar-refractivity contribution in [1.29, 1.82) is 0 Å². The molecule has 3 rings (SSSR count). The molecule has 3 aromatic rings. The Balaban J connectivity index is 1.70. The molecule has 2 N–H and O–H groups in total. The summed E-state index contributed by atoms with van der Waals surface area (Å²) in [6.07, 6.45) is 1.55. The Morgan fingerprint density at radius 2 is 1.55 bits per heavy atom. The van der Waals surface area contributed by atoms with E-state index in [4.69, 9.17) is 0 Å². The quantitative estimate of drug-likeness (QED) is 0.405. The van der Waals surface area contributed by atoms with Gasteiger partial charge in [0.15, 0.2) is 0 Å². The van der Waals surface area contributed by atoms with Crippen molar-refractivity contribution in [2.75, 3.05) is 5.32 Å². The van der Waals surface area contributed by atoms with E-state index in [0.29, 0.717) is 5.69 Å². The molecule has 2 amide bonds. The highest BCUT2D eigenvalue weighted by molar-refractivity contribution is 6.39. The Labute approximate surface area is 170 Å². The molecule has 2 aromatic carbocycles. The monoisotopic (exact) mass is 388 g/mol. The Morgan fingerprint density at radius 3 is 2.24 bits per heavy atom.